The molecule has 0 unspecified atom stereocenters. The van der Waals surface area contributed by atoms with Crippen molar-refractivity contribution in [2.24, 2.45) is 0 Å². The van der Waals surface area contributed by atoms with Crippen LogP contribution >= 0.6 is 0 Å². The van der Waals surface area contributed by atoms with E-state index in [1.807, 2.05) is 0 Å². The number of nitrogens with zero attached hydrogens (tertiary/aromatic N) is 1. The largest absolute Gasteiger partial charge is 0.465 e. The maximum absolute atomic E-state index is 12.2. The predicted molar refractivity (Wildman–Crippen MR) is 95.0 cm³/mol. The molecule has 2 heterocycles. The molecule has 0 aliphatic rings. The van der Waals surface area contributed by atoms with Crippen molar-refractivity contribution in [1.82, 2.24) is 4.98 Å². The highest BCUT2D eigenvalue weighted by Gasteiger charge is 2.08. The molecular weight excluding hydrogens is 318 g/mol. The molecule has 3 rings (SSSR count). The number of furan rings is 1. The Kier molecular flexibility index (Phi) is 5.01. The molecule has 2 amide bonds. The van der Waals surface area contributed by atoms with Gasteiger partial charge in [-0.05, 0) is 48.5 Å². The summed E-state index contributed by atoms with van der Waals surface area (Å²) in [6.45, 7) is 0. The van der Waals surface area contributed by atoms with Crippen LogP contribution in [0.5, 0.6) is 0 Å². The Morgan fingerprint density at radius 3 is 2.68 bits per heavy atom. The van der Waals surface area contributed by atoms with Crippen LogP contribution in [0.1, 0.15) is 16.1 Å². The Morgan fingerprint density at radius 2 is 1.92 bits per heavy atom. The van der Waals surface area contributed by atoms with E-state index < -0.39 is 0 Å². The third-order valence-electron chi connectivity index (χ3n) is 3.24. The van der Waals surface area contributed by atoms with Crippen LogP contribution in [-0.4, -0.2) is 16.8 Å². The van der Waals surface area contributed by atoms with Gasteiger partial charge in [-0.3, -0.25) is 9.59 Å². The Labute approximate surface area is 144 Å². The van der Waals surface area contributed by atoms with Gasteiger partial charge in [-0.15, -0.1) is 0 Å². The van der Waals surface area contributed by atoms with Crippen LogP contribution in [0.4, 0.5) is 11.5 Å². The van der Waals surface area contributed by atoms with Gasteiger partial charge in [-0.25, -0.2) is 4.98 Å². The summed E-state index contributed by atoms with van der Waals surface area (Å²) in [5.74, 6) is 0.418. The molecule has 3 aromatic rings. The molecule has 6 nitrogen and oxygen atoms in total. The zero-order chi connectivity index (χ0) is 17.5. The summed E-state index contributed by atoms with van der Waals surface area (Å²) in [5, 5.41) is 5.39. The lowest BCUT2D eigenvalue weighted by Gasteiger charge is -2.07. The maximum Gasteiger partial charge on any atom is 0.256 e. The minimum atomic E-state index is -0.321. The molecule has 124 valence electrons. The Morgan fingerprint density at radius 1 is 1.00 bits per heavy atom. The van der Waals surface area contributed by atoms with Crippen molar-refractivity contribution in [3.8, 4) is 0 Å². The number of hydrogen-bond donors (Lipinski definition) is 2. The second-order valence-electron chi connectivity index (χ2n) is 5.09. The van der Waals surface area contributed by atoms with Crippen molar-refractivity contribution in [1.29, 1.82) is 0 Å². The van der Waals surface area contributed by atoms with Gasteiger partial charge in [-0.2, -0.15) is 0 Å². The second-order valence-corrected chi connectivity index (χ2v) is 5.09. The van der Waals surface area contributed by atoms with Crippen LogP contribution in [-0.2, 0) is 4.79 Å². The van der Waals surface area contributed by atoms with Crippen LogP contribution in [0.15, 0.2) is 77.6 Å². The quantitative estimate of drug-likeness (QED) is 0.699. The fourth-order valence-corrected chi connectivity index (χ4v) is 2.09. The Bertz CT molecular complexity index is 887. The van der Waals surface area contributed by atoms with E-state index in [4.69, 9.17) is 4.42 Å². The van der Waals surface area contributed by atoms with Crippen molar-refractivity contribution in [2.75, 3.05) is 10.6 Å². The first-order chi connectivity index (χ1) is 12.2. The summed E-state index contributed by atoms with van der Waals surface area (Å²) < 4.78 is 5.12. The van der Waals surface area contributed by atoms with E-state index >= 15 is 0 Å². The van der Waals surface area contributed by atoms with Crippen LogP contribution < -0.4 is 10.6 Å². The molecule has 2 aromatic heterocycles. The molecule has 0 spiro atoms. The summed E-state index contributed by atoms with van der Waals surface area (Å²) in [5.41, 5.74) is 0.932. The number of pyridine rings is 1. The molecule has 0 radical (unpaired) electrons. The van der Waals surface area contributed by atoms with Gasteiger partial charge in [0, 0.05) is 23.5 Å². The number of carbonyl (C=O) groups is 2. The summed E-state index contributed by atoms with van der Waals surface area (Å²) >= 11 is 0. The number of amides is 2. The maximum atomic E-state index is 12.2. The normalized spacial score (nSPS) is 10.6. The van der Waals surface area contributed by atoms with Gasteiger partial charge in [0.05, 0.1) is 6.26 Å². The van der Waals surface area contributed by atoms with Crippen LogP contribution in [0.2, 0.25) is 0 Å². The highest BCUT2D eigenvalue weighted by atomic mass is 16.3. The number of anilines is 2. The van der Waals surface area contributed by atoms with Crippen molar-refractivity contribution in [3.05, 3.63) is 84.5 Å². The standard InChI is InChI=1S/C19H15N3O3/c23-18(10-9-16-7-4-12-25-16)21-15-6-3-5-14(13-15)19(24)22-17-8-1-2-11-20-17/h1-13H,(H,21,23)(H,20,22,24). The molecule has 0 saturated carbocycles. The molecule has 0 saturated heterocycles. The molecule has 0 atom stereocenters. The van der Waals surface area contributed by atoms with Crippen molar-refractivity contribution >= 4 is 29.4 Å². The zero-order valence-corrected chi connectivity index (χ0v) is 13.2. The van der Waals surface area contributed by atoms with Gasteiger partial charge >= 0.3 is 0 Å². The van der Waals surface area contributed by atoms with Crippen molar-refractivity contribution < 1.29 is 14.0 Å². The SMILES string of the molecule is O=C(C=Cc1ccco1)Nc1cccc(C(=O)Nc2ccccn2)c1. The van der Waals surface area contributed by atoms with Crippen LogP contribution in [0.3, 0.4) is 0 Å². The van der Waals surface area contributed by atoms with Crippen molar-refractivity contribution in [2.45, 2.75) is 0 Å². The first kappa shape index (κ1) is 16.2. The second kappa shape index (κ2) is 7.74. The highest BCUT2D eigenvalue weighted by Crippen LogP contribution is 2.13. The van der Waals surface area contributed by atoms with E-state index in [2.05, 4.69) is 15.6 Å². The van der Waals surface area contributed by atoms with Gasteiger partial charge < -0.3 is 15.1 Å². The van der Waals surface area contributed by atoms with E-state index in [-0.39, 0.29) is 11.8 Å². The topological polar surface area (TPSA) is 84.2 Å². The highest BCUT2D eigenvalue weighted by molar-refractivity contribution is 6.06. The lowest BCUT2D eigenvalue weighted by atomic mass is 10.2. The smallest absolute Gasteiger partial charge is 0.256 e. The molecule has 0 aliphatic heterocycles. The monoisotopic (exact) mass is 333 g/mol. The number of aromatic nitrogens is 1. The zero-order valence-electron chi connectivity index (χ0n) is 13.2. The van der Waals surface area contributed by atoms with Gasteiger partial charge in [0.25, 0.3) is 5.91 Å². The minimum Gasteiger partial charge on any atom is -0.465 e. The lowest BCUT2D eigenvalue weighted by Crippen LogP contribution is -2.14. The summed E-state index contributed by atoms with van der Waals surface area (Å²) in [7, 11) is 0. The molecule has 6 heteroatoms. The first-order valence-corrected chi connectivity index (χ1v) is 7.56. The molecule has 2 N–H and O–H groups in total. The van der Waals surface area contributed by atoms with Crippen LogP contribution in [0, 0.1) is 0 Å². The summed E-state index contributed by atoms with van der Waals surface area (Å²) in [6, 6.07) is 15.4. The van der Waals surface area contributed by atoms with Gasteiger partial charge in [-0.1, -0.05) is 12.1 Å². The minimum absolute atomic E-state index is 0.305. The van der Waals surface area contributed by atoms with Gasteiger partial charge in [0.1, 0.15) is 11.6 Å². The molecule has 1 aromatic carbocycles. The third kappa shape index (κ3) is 4.65. The van der Waals surface area contributed by atoms with Crippen LogP contribution in [0.25, 0.3) is 6.08 Å². The molecule has 0 bridgehead atoms. The van der Waals surface area contributed by atoms with E-state index in [9.17, 15) is 9.59 Å². The Hall–Kier alpha value is -3.67. The summed E-state index contributed by atoms with van der Waals surface area (Å²) in [4.78, 5) is 28.2. The number of hydrogen-bond acceptors (Lipinski definition) is 4. The van der Waals surface area contributed by atoms with E-state index in [0.29, 0.717) is 22.8 Å². The summed E-state index contributed by atoms with van der Waals surface area (Å²) in [6.07, 6.45) is 6.05. The lowest BCUT2D eigenvalue weighted by molar-refractivity contribution is -0.111. The average molecular weight is 333 g/mol. The number of nitrogens with one attached hydrogen (secondary N) is 2. The Balaban J connectivity index is 1.64. The fraction of sp³-hybridized carbons (Fsp3) is 0. The average Bonchev–Trinajstić information content (AvgIpc) is 3.15. The molecule has 0 aliphatic carbocycles. The predicted octanol–water partition coefficient (Wildman–Crippen LogP) is 3.58. The van der Waals surface area contributed by atoms with Crippen molar-refractivity contribution in [3.63, 3.8) is 0 Å². The number of benzene rings is 1. The first-order valence-electron chi connectivity index (χ1n) is 7.56. The third-order valence-corrected chi connectivity index (χ3v) is 3.24. The van der Waals surface area contributed by atoms with E-state index in [1.165, 1.54) is 12.3 Å². The van der Waals surface area contributed by atoms with E-state index in [1.54, 1.807) is 66.9 Å². The van der Waals surface area contributed by atoms with Gasteiger partial charge in [0.15, 0.2) is 0 Å². The molecular formula is C19H15N3O3. The van der Waals surface area contributed by atoms with E-state index in [0.717, 1.165) is 0 Å². The number of rotatable bonds is 5. The number of carbonyl (C=O) groups excluding carboxylic acids is 2. The van der Waals surface area contributed by atoms with Gasteiger partial charge in [0.2, 0.25) is 5.91 Å². The molecule has 0 fully saturated rings. The molecule has 25 heavy (non-hydrogen) atoms. The fourth-order valence-electron chi connectivity index (χ4n) is 2.09.